The van der Waals surface area contributed by atoms with Crippen molar-refractivity contribution < 1.29 is 23.2 Å². The van der Waals surface area contributed by atoms with Crippen molar-refractivity contribution in [3.8, 4) is 0 Å². The van der Waals surface area contributed by atoms with Gasteiger partial charge in [-0.2, -0.15) is 0 Å². The summed E-state index contributed by atoms with van der Waals surface area (Å²) in [5, 5.41) is 0. The van der Waals surface area contributed by atoms with Gasteiger partial charge in [0.15, 0.2) is 0 Å². The lowest BCUT2D eigenvalue weighted by Crippen LogP contribution is -1.58. The first-order valence-corrected chi connectivity index (χ1v) is 6.29. The highest BCUT2D eigenvalue weighted by molar-refractivity contribution is 7.46. The molecule has 1 rings (SSSR count). The van der Waals surface area contributed by atoms with E-state index in [1.54, 1.807) is 0 Å². The molecule has 2 unspecified atom stereocenters. The van der Waals surface area contributed by atoms with Crippen molar-refractivity contribution in [3.05, 3.63) is 0 Å². The Kier molecular flexibility index (Phi) is 8.19. The van der Waals surface area contributed by atoms with Gasteiger partial charge < -0.3 is 9.79 Å². The topological polar surface area (TPSA) is 83.8 Å². The van der Waals surface area contributed by atoms with Gasteiger partial charge in [0.05, 0.1) is 0 Å². The van der Waals surface area contributed by atoms with E-state index in [0.717, 1.165) is 0 Å². The van der Waals surface area contributed by atoms with Crippen LogP contribution in [0.2, 0.25) is 0 Å². The van der Waals surface area contributed by atoms with Crippen LogP contribution < -0.4 is 0 Å². The zero-order valence-corrected chi connectivity index (χ0v) is 8.65. The van der Waals surface area contributed by atoms with Gasteiger partial charge in [0.25, 0.3) is 0 Å². The molecule has 1 fully saturated rings. The van der Waals surface area contributed by atoms with Crippen LogP contribution in [0.1, 0.15) is 32.1 Å². The van der Waals surface area contributed by atoms with Crippen molar-refractivity contribution in [1.82, 2.24) is 0 Å². The first kappa shape index (κ1) is 12.3. The Hall–Kier alpha value is 0.340. The molecule has 0 aromatic carbocycles. The predicted octanol–water partition coefficient (Wildman–Crippen LogP) is 1.72. The maximum absolute atomic E-state index is 9.44. The van der Waals surface area contributed by atoms with Crippen molar-refractivity contribution in [1.29, 1.82) is 0 Å². The lowest BCUT2D eigenvalue weighted by Gasteiger charge is -1.86. The average molecular weight is 216 g/mol. The molecule has 1 aliphatic rings. The molecule has 2 atom stereocenters. The monoisotopic (exact) mass is 216 g/mol. The smallest absolute Gasteiger partial charge is 0.323 e. The molecule has 0 aromatic heterocycles. The van der Waals surface area contributed by atoms with E-state index in [-0.39, 0.29) is 0 Å². The van der Waals surface area contributed by atoms with Gasteiger partial charge in [-0.05, 0) is 0 Å². The van der Waals surface area contributed by atoms with Gasteiger partial charge in [-0.15, -0.1) is 0 Å². The Morgan fingerprint density at radius 3 is 1.17 bits per heavy atom. The van der Waals surface area contributed by atoms with E-state index in [1.807, 2.05) is 0 Å². The van der Waals surface area contributed by atoms with Crippen LogP contribution in [0.5, 0.6) is 0 Å². The summed E-state index contributed by atoms with van der Waals surface area (Å²) in [4.78, 5) is 15.4. The Morgan fingerprint density at radius 1 is 0.833 bits per heavy atom. The van der Waals surface area contributed by atoms with Crippen LogP contribution in [0.15, 0.2) is 0 Å². The van der Waals surface area contributed by atoms with Crippen LogP contribution in [0.25, 0.3) is 0 Å². The molecule has 2 N–H and O–H groups in total. The summed E-state index contributed by atoms with van der Waals surface area (Å²) in [6.45, 7) is 0. The molecule has 0 bridgehead atoms. The van der Waals surface area contributed by atoms with Gasteiger partial charge in [-0.1, -0.05) is 32.1 Å². The van der Waals surface area contributed by atoms with Gasteiger partial charge in [0, 0.05) is 0 Å². The Bertz CT molecular complexity index is 136. The summed E-state index contributed by atoms with van der Waals surface area (Å²) >= 11 is 0. The number of rotatable bonds is 2. The zero-order chi connectivity index (χ0) is 9.40. The van der Waals surface area contributed by atoms with Crippen LogP contribution in [-0.2, 0) is 13.4 Å². The molecule has 1 saturated carbocycles. The van der Waals surface area contributed by atoms with Gasteiger partial charge >= 0.3 is 16.5 Å². The maximum atomic E-state index is 9.44. The van der Waals surface area contributed by atoms with Crippen LogP contribution in [0, 0.1) is 0 Å². The summed E-state index contributed by atoms with van der Waals surface area (Å²) in [6.07, 6.45) is 7.50. The Labute approximate surface area is 72.7 Å². The third-order valence-corrected chi connectivity index (χ3v) is 2.82. The third-order valence-electron chi connectivity index (χ3n) is 1.42. The zero-order valence-electron chi connectivity index (χ0n) is 6.65. The molecular weight excluding hydrogens is 202 g/mol. The molecule has 0 aromatic rings. The second-order valence-electron chi connectivity index (χ2n) is 2.40. The number of hydrogen-bond acceptors (Lipinski definition) is 3. The molecule has 12 heavy (non-hydrogen) atoms. The highest BCUT2D eigenvalue weighted by Crippen LogP contribution is 2.30. The predicted molar refractivity (Wildman–Crippen MR) is 46.6 cm³/mol. The molecule has 0 spiro atoms. The van der Waals surface area contributed by atoms with Crippen LogP contribution in [0.4, 0.5) is 0 Å². The van der Waals surface area contributed by atoms with Crippen molar-refractivity contribution in [2.75, 3.05) is 0 Å². The fourth-order valence-electron chi connectivity index (χ4n) is 0.959. The molecule has 1 aliphatic carbocycles. The van der Waals surface area contributed by atoms with E-state index in [2.05, 4.69) is 4.31 Å². The highest BCUT2D eigenvalue weighted by atomic mass is 31.2. The van der Waals surface area contributed by atoms with E-state index >= 15 is 0 Å². The average Bonchev–Trinajstić information content (AvgIpc) is 2.36. The van der Waals surface area contributed by atoms with E-state index < -0.39 is 16.5 Å². The fraction of sp³-hybridized carbons (Fsp3) is 1.00. The summed E-state index contributed by atoms with van der Waals surface area (Å²) < 4.78 is 22.3. The quantitative estimate of drug-likeness (QED) is 0.686. The Morgan fingerprint density at radius 2 is 1.08 bits per heavy atom. The Balaban J connectivity index is 0.000000211. The van der Waals surface area contributed by atoms with Crippen molar-refractivity contribution in [2.45, 2.75) is 32.1 Å². The van der Waals surface area contributed by atoms with Gasteiger partial charge in [0.2, 0.25) is 0 Å². The van der Waals surface area contributed by atoms with Crippen LogP contribution >= 0.6 is 16.5 Å². The molecule has 0 amide bonds. The lowest BCUT2D eigenvalue weighted by atomic mass is 10.4. The molecule has 0 heterocycles. The minimum absolute atomic E-state index is 1.50. The van der Waals surface area contributed by atoms with Crippen LogP contribution in [-0.4, -0.2) is 9.79 Å². The summed E-state index contributed by atoms with van der Waals surface area (Å²) in [7, 11) is -6.40. The first-order valence-electron chi connectivity index (χ1n) is 3.76. The van der Waals surface area contributed by atoms with E-state index in [9.17, 15) is 9.13 Å². The largest absolute Gasteiger partial charge is 0.326 e. The molecule has 7 heteroatoms. The molecule has 0 radical (unpaired) electrons. The van der Waals surface area contributed by atoms with E-state index in [0.29, 0.717) is 0 Å². The molecule has 0 saturated heterocycles. The van der Waals surface area contributed by atoms with Crippen molar-refractivity contribution in [3.63, 3.8) is 0 Å². The second-order valence-corrected chi connectivity index (χ2v) is 4.28. The molecular formula is C5H14O5P2. The van der Waals surface area contributed by atoms with Crippen molar-refractivity contribution in [2.24, 2.45) is 0 Å². The molecule has 0 aliphatic heterocycles. The second kappa shape index (κ2) is 7.96. The fourth-order valence-corrected chi connectivity index (χ4v) is 1.56. The van der Waals surface area contributed by atoms with Gasteiger partial charge in [-0.3, -0.25) is 9.13 Å². The summed E-state index contributed by atoms with van der Waals surface area (Å²) in [6, 6.07) is 0. The first-order chi connectivity index (χ1) is 5.63. The molecule has 74 valence electrons. The lowest BCUT2D eigenvalue weighted by molar-refractivity contribution is 0.371. The minimum atomic E-state index is -3.20. The number of hydrogen-bond donors (Lipinski definition) is 2. The maximum Gasteiger partial charge on any atom is 0.323 e. The van der Waals surface area contributed by atoms with Gasteiger partial charge in [0.1, 0.15) is 0 Å². The molecule has 5 nitrogen and oxygen atoms in total. The van der Waals surface area contributed by atoms with E-state index in [1.165, 1.54) is 32.1 Å². The van der Waals surface area contributed by atoms with Crippen LogP contribution in [0.3, 0.4) is 0 Å². The summed E-state index contributed by atoms with van der Waals surface area (Å²) in [5.74, 6) is 0. The third kappa shape index (κ3) is 10.3. The standard InChI is InChI=1S/C5H10.H4O5P2/c1-2-4-5-3-1;1-6(2)5-7(3)4/h1-5H2;6-7H,(H,1,2)(H,3,4). The normalized spacial score (nSPS) is 20.8. The minimum Gasteiger partial charge on any atom is -0.326 e. The SMILES string of the molecule is C1CCCC1.O=[PH](O)O[PH](=O)O. The van der Waals surface area contributed by atoms with Crippen molar-refractivity contribution >= 4 is 16.5 Å². The van der Waals surface area contributed by atoms with Gasteiger partial charge in [-0.25, -0.2) is 4.31 Å². The summed E-state index contributed by atoms with van der Waals surface area (Å²) in [5.41, 5.74) is 0. The van der Waals surface area contributed by atoms with E-state index in [4.69, 9.17) is 9.79 Å². The highest BCUT2D eigenvalue weighted by Gasteiger charge is 1.95.